The SMILES string of the molecule is O=C(O)c1cccc(N2CCCCC2CCO)n1. The molecule has 2 rings (SSSR count). The van der Waals surface area contributed by atoms with Crippen LogP contribution in [0.15, 0.2) is 18.2 Å². The average molecular weight is 250 g/mol. The molecule has 0 bridgehead atoms. The molecular weight excluding hydrogens is 232 g/mol. The first-order valence-corrected chi connectivity index (χ1v) is 6.30. The van der Waals surface area contributed by atoms with Gasteiger partial charge in [-0.05, 0) is 37.8 Å². The van der Waals surface area contributed by atoms with E-state index in [1.165, 1.54) is 6.07 Å². The summed E-state index contributed by atoms with van der Waals surface area (Å²) < 4.78 is 0. The number of hydrogen-bond acceptors (Lipinski definition) is 4. The quantitative estimate of drug-likeness (QED) is 0.847. The molecule has 5 heteroatoms. The number of aliphatic hydroxyl groups is 1. The number of aliphatic hydroxyl groups excluding tert-OH is 1. The zero-order valence-electron chi connectivity index (χ0n) is 10.2. The highest BCUT2D eigenvalue weighted by atomic mass is 16.4. The second-order valence-corrected chi connectivity index (χ2v) is 4.54. The van der Waals surface area contributed by atoms with E-state index in [2.05, 4.69) is 9.88 Å². The highest BCUT2D eigenvalue weighted by Crippen LogP contribution is 2.25. The van der Waals surface area contributed by atoms with Gasteiger partial charge in [0.25, 0.3) is 0 Å². The maximum atomic E-state index is 10.9. The number of carbonyl (C=O) groups is 1. The molecule has 1 aromatic rings. The number of piperidine rings is 1. The average Bonchev–Trinajstić information content (AvgIpc) is 2.40. The molecule has 0 aliphatic carbocycles. The third kappa shape index (κ3) is 2.79. The summed E-state index contributed by atoms with van der Waals surface area (Å²) in [6.07, 6.45) is 3.97. The molecule has 1 fully saturated rings. The number of nitrogens with zero attached hydrogens (tertiary/aromatic N) is 2. The molecule has 1 atom stereocenters. The summed E-state index contributed by atoms with van der Waals surface area (Å²) in [7, 11) is 0. The van der Waals surface area contributed by atoms with Crippen LogP contribution in [0, 0.1) is 0 Å². The van der Waals surface area contributed by atoms with E-state index in [-0.39, 0.29) is 18.3 Å². The number of carboxylic acid groups (broad SMARTS) is 1. The third-order valence-electron chi connectivity index (χ3n) is 3.34. The molecule has 1 aliphatic heterocycles. The van der Waals surface area contributed by atoms with E-state index in [0.29, 0.717) is 12.2 Å². The van der Waals surface area contributed by atoms with E-state index in [1.54, 1.807) is 6.07 Å². The lowest BCUT2D eigenvalue weighted by atomic mass is 9.99. The minimum atomic E-state index is -1.01. The van der Waals surface area contributed by atoms with Crippen LogP contribution in [0.4, 0.5) is 5.82 Å². The van der Waals surface area contributed by atoms with Gasteiger partial charge in [0, 0.05) is 19.2 Å². The van der Waals surface area contributed by atoms with Crippen LogP contribution in [0.5, 0.6) is 0 Å². The van der Waals surface area contributed by atoms with Crippen molar-refractivity contribution in [2.75, 3.05) is 18.1 Å². The van der Waals surface area contributed by atoms with Crippen molar-refractivity contribution in [2.24, 2.45) is 0 Å². The molecule has 1 unspecified atom stereocenters. The summed E-state index contributed by atoms with van der Waals surface area (Å²) in [6.45, 7) is 1.03. The molecule has 0 saturated carbocycles. The van der Waals surface area contributed by atoms with Crippen molar-refractivity contribution in [3.8, 4) is 0 Å². The van der Waals surface area contributed by atoms with Crippen LogP contribution in [0.2, 0.25) is 0 Å². The number of hydrogen-bond donors (Lipinski definition) is 2. The molecule has 2 N–H and O–H groups in total. The van der Waals surface area contributed by atoms with Crippen molar-refractivity contribution in [2.45, 2.75) is 31.7 Å². The Morgan fingerprint density at radius 1 is 1.44 bits per heavy atom. The van der Waals surface area contributed by atoms with E-state index in [1.807, 2.05) is 6.07 Å². The van der Waals surface area contributed by atoms with Gasteiger partial charge in [-0.2, -0.15) is 0 Å². The van der Waals surface area contributed by atoms with Crippen molar-refractivity contribution < 1.29 is 15.0 Å². The Bertz CT molecular complexity index is 420. The van der Waals surface area contributed by atoms with Crippen molar-refractivity contribution in [1.29, 1.82) is 0 Å². The second-order valence-electron chi connectivity index (χ2n) is 4.54. The minimum Gasteiger partial charge on any atom is -0.477 e. The molecule has 1 aliphatic rings. The Hall–Kier alpha value is -1.62. The Morgan fingerprint density at radius 3 is 3.00 bits per heavy atom. The Morgan fingerprint density at radius 2 is 2.28 bits per heavy atom. The van der Waals surface area contributed by atoms with E-state index >= 15 is 0 Å². The summed E-state index contributed by atoms with van der Waals surface area (Å²) in [5.41, 5.74) is 0.0702. The Balaban J connectivity index is 2.22. The zero-order chi connectivity index (χ0) is 13.0. The topological polar surface area (TPSA) is 73.7 Å². The monoisotopic (exact) mass is 250 g/mol. The maximum absolute atomic E-state index is 10.9. The van der Waals surface area contributed by atoms with Crippen LogP contribution in [0.25, 0.3) is 0 Å². The summed E-state index contributed by atoms with van der Waals surface area (Å²) in [6, 6.07) is 5.32. The first-order valence-electron chi connectivity index (χ1n) is 6.30. The normalized spacial score (nSPS) is 19.8. The summed E-state index contributed by atoms with van der Waals surface area (Å²) >= 11 is 0. The van der Waals surface area contributed by atoms with Crippen LogP contribution in [-0.2, 0) is 0 Å². The van der Waals surface area contributed by atoms with Gasteiger partial charge in [0.05, 0.1) is 0 Å². The standard InChI is InChI=1S/C13H18N2O3/c16-9-7-10-4-1-2-8-15(10)12-6-3-5-11(14-12)13(17)18/h3,5-6,10,16H,1-2,4,7-9H2,(H,17,18). The van der Waals surface area contributed by atoms with Crippen LogP contribution in [0.1, 0.15) is 36.2 Å². The molecule has 0 spiro atoms. The molecule has 0 amide bonds. The molecule has 5 nitrogen and oxygen atoms in total. The summed E-state index contributed by atoms with van der Waals surface area (Å²) in [5.74, 6) is -0.305. The van der Waals surface area contributed by atoms with Crippen LogP contribution in [0.3, 0.4) is 0 Å². The van der Waals surface area contributed by atoms with Gasteiger partial charge in [-0.1, -0.05) is 6.07 Å². The Labute approximate surface area is 106 Å². The number of anilines is 1. The van der Waals surface area contributed by atoms with Crippen molar-refractivity contribution >= 4 is 11.8 Å². The molecular formula is C13H18N2O3. The van der Waals surface area contributed by atoms with Gasteiger partial charge < -0.3 is 15.1 Å². The van der Waals surface area contributed by atoms with Crippen LogP contribution < -0.4 is 4.90 Å². The third-order valence-corrected chi connectivity index (χ3v) is 3.34. The first kappa shape index (κ1) is 12.8. The lowest BCUT2D eigenvalue weighted by molar-refractivity contribution is 0.0690. The molecule has 1 saturated heterocycles. The number of aromatic nitrogens is 1. The largest absolute Gasteiger partial charge is 0.477 e. The Kier molecular flexibility index (Phi) is 4.15. The van der Waals surface area contributed by atoms with Gasteiger partial charge in [-0.15, -0.1) is 0 Å². The molecule has 2 heterocycles. The van der Waals surface area contributed by atoms with E-state index in [4.69, 9.17) is 10.2 Å². The van der Waals surface area contributed by atoms with E-state index in [0.717, 1.165) is 25.8 Å². The maximum Gasteiger partial charge on any atom is 0.354 e. The van der Waals surface area contributed by atoms with Gasteiger partial charge in [-0.3, -0.25) is 0 Å². The van der Waals surface area contributed by atoms with Gasteiger partial charge >= 0.3 is 5.97 Å². The summed E-state index contributed by atoms with van der Waals surface area (Å²) in [4.78, 5) is 17.2. The van der Waals surface area contributed by atoms with E-state index in [9.17, 15) is 4.79 Å². The van der Waals surface area contributed by atoms with Crippen molar-refractivity contribution in [1.82, 2.24) is 4.98 Å². The second kappa shape index (κ2) is 5.82. The predicted octanol–water partition coefficient (Wildman–Crippen LogP) is 1.52. The van der Waals surface area contributed by atoms with Crippen LogP contribution >= 0.6 is 0 Å². The molecule has 0 radical (unpaired) electrons. The molecule has 0 aromatic carbocycles. The minimum absolute atomic E-state index is 0.0702. The van der Waals surface area contributed by atoms with Crippen molar-refractivity contribution in [3.05, 3.63) is 23.9 Å². The zero-order valence-corrected chi connectivity index (χ0v) is 10.2. The molecule has 18 heavy (non-hydrogen) atoms. The van der Waals surface area contributed by atoms with Crippen LogP contribution in [-0.4, -0.2) is 40.4 Å². The van der Waals surface area contributed by atoms with E-state index < -0.39 is 5.97 Å². The highest BCUT2D eigenvalue weighted by Gasteiger charge is 2.23. The summed E-state index contributed by atoms with van der Waals surface area (Å²) in [5, 5.41) is 18.0. The van der Waals surface area contributed by atoms with Gasteiger partial charge in [0.1, 0.15) is 5.82 Å². The molecule has 1 aromatic heterocycles. The number of carboxylic acids is 1. The fourth-order valence-electron chi connectivity index (χ4n) is 2.45. The fraction of sp³-hybridized carbons (Fsp3) is 0.538. The predicted molar refractivity (Wildman–Crippen MR) is 67.9 cm³/mol. The van der Waals surface area contributed by atoms with Gasteiger partial charge in [-0.25, -0.2) is 9.78 Å². The lowest BCUT2D eigenvalue weighted by Crippen LogP contribution is -2.40. The number of pyridine rings is 1. The smallest absolute Gasteiger partial charge is 0.354 e. The number of rotatable bonds is 4. The number of aromatic carboxylic acids is 1. The highest BCUT2D eigenvalue weighted by molar-refractivity contribution is 5.85. The van der Waals surface area contributed by atoms with Gasteiger partial charge in [0.2, 0.25) is 0 Å². The first-order chi connectivity index (χ1) is 8.72. The van der Waals surface area contributed by atoms with Crippen molar-refractivity contribution in [3.63, 3.8) is 0 Å². The lowest BCUT2D eigenvalue weighted by Gasteiger charge is -2.36. The fourth-order valence-corrected chi connectivity index (χ4v) is 2.45. The molecule has 98 valence electrons. The van der Waals surface area contributed by atoms with Gasteiger partial charge in [0.15, 0.2) is 5.69 Å².